The quantitative estimate of drug-likeness (QED) is 0.878. The van der Waals surface area contributed by atoms with Gasteiger partial charge in [0.25, 0.3) is 0 Å². The Balaban J connectivity index is 2.27. The number of rotatable bonds is 4. The first-order chi connectivity index (χ1) is 9.08. The minimum Gasteiger partial charge on any atom is -0.370 e. The van der Waals surface area contributed by atoms with Crippen molar-refractivity contribution in [2.75, 3.05) is 17.2 Å². The number of aromatic nitrogens is 2. The number of nitrogens with zero attached hydrogens (tertiary/aromatic N) is 2. The molecule has 1 heterocycles. The summed E-state index contributed by atoms with van der Waals surface area (Å²) in [6.07, 6.45) is 0. The van der Waals surface area contributed by atoms with Gasteiger partial charge in [0.2, 0.25) is 0 Å². The van der Waals surface area contributed by atoms with Crippen molar-refractivity contribution in [2.24, 2.45) is 0 Å². The number of aryl methyl sites for hydroxylation is 3. The van der Waals surface area contributed by atoms with Gasteiger partial charge in [-0.2, -0.15) is 0 Å². The SMILES string of the molecule is CCNc1cc(Nc2ccc(C)cc2C)nc(C)n1. The lowest BCUT2D eigenvalue weighted by molar-refractivity contribution is 1.04. The lowest BCUT2D eigenvalue weighted by Crippen LogP contribution is -2.04. The van der Waals surface area contributed by atoms with E-state index in [1.165, 1.54) is 11.1 Å². The summed E-state index contributed by atoms with van der Waals surface area (Å²) in [6.45, 7) is 8.98. The van der Waals surface area contributed by atoms with Crippen LogP contribution in [0.25, 0.3) is 0 Å². The summed E-state index contributed by atoms with van der Waals surface area (Å²) in [5, 5.41) is 6.56. The molecule has 19 heavy (non-hydrogen) atoms. The van der Waals surface area contributed by atoms with E-state index < -0.39 is 0 Å². The molecule has 4 nitrogen and oxygen atoms in total. The first-order valence-corrected chi connectivity index (χ1v) is 6.52. The molecule has 0 fully saturated rings. The molecule has 0 aliphatic carbocycles. The zero-order chi connectivity index (χ0) is 13.8. The molecule has 0 spiro atoms. The van der Waals surface area contributed by atoms with Gasteiger partial charge in [0, 0.05) is 18.3 Å². The van der Waals surface area contributed by atoms with E-state index in [1.807, 2.05) is 13.0 Å². The lowest BCUT2D eigenvalue weighted by Gasteiger charge is -2.11. The fourth-order valence-electron chi connectivity index (χ4n) is 2.00. The highest BCUT2D eigenvalue weighted by molar-refractivity contribution is 5.62. The van der Waals surface area contributed by atoms with Crippen molar-refractivity contribution in [1.29, 1.82) is 0 Å². The molecule has 0 saturated heterocycles. The second-order valence-corrected chi connectivity index (χ2v) is 4.66. The largest absolute Gasteiger partial charge is 0.370 e. The van der Waals surface area contributed by atoms with Crippen molar-refractivity contribution in [3.8, 4) is 0 Å². The first-order valence-electron chi connectivity index (χ1n) is 6.52. The number of nitrogens with one attached hydrogen (secondary N) is 2. The van der Waals surface area contributed by atoms with E-state index in [1.54, 1.807) is 0 Å². The van der Waals surface area contributed by atoms with Crippen LogP contribution in [-0.4, -0.2) is 16.5 Å². The molecular formula is C15H20N4. The van der Waals surface area contributed by atoms with Crippen LogP contribution in [0.15, 0.2) is 24.3 Å². The van der Waals surface area contributed by atoms with Crippen molar-refractivity contribution < 1.29 is 0 Å². The van der Waals surface area contributed by atoms with Crippen LogP contribution >= 0.6 is 0 Å². The molecule has 0 unspecified atom stereocenters. The van der Waals surface area contributed by atoms with E-state index in [9.17, 15) is 0 Å². The monoisotopic (exact) mass is 256 g/mol. The fourth-order valence-corrected chi connectivity index (χ4v) is 2.00. The highest BCUT2D eigenvalue weighted by atomic mass is 15.1. The van der Waals surface area contributed by atoms with Gasteiger partial charge in [-0.25, -0.2) is 9.97 Å². The Hall–Kier alpha value is -2.10. The zero-order valence-electron chi connectivity index (χ0n) is 11.9. The van der Waals surface area contributed by atoms with Crippen LogP contribution in [0.5, 0.6) is 0 Å². The van der Waals surface area contributed by atoms with Crippen molar-refractivity contribution >= 4 is 17.3 Å². The van der Waals surface area contributed by atoms with Crippen LogP contribution in [-0.2, 0) is 0 Å². The summed E-state index contributed by atoms with van der Waals surface area (Å²) in [4.78, 5) is 8.75. The van der Waals surface area contributed by atoms with E-state index in [2.05, 4.69) is 59.6 Å². The Kier molecular flexibility index (Phi) is 4.00. The van der Waals surface area contributed by atoms with E-state index in [-0.39, 0.29) is 0 Å². The predicted molar refractivity (Wildman–Crippen MR) is 80.1 cm³/mol. The summed E-state index contributed by atoms with van der Waals surface area (Å²) in [7, 11) is 0. The van der Waals surface area contributed by atoms with Crippen molar-refractivity contribution in [3.05, 3.63) is 41.2 Å². The normalized spacial score (nSPS) is 10.3. The number of hydrogen-bond donors (Lipinski definition) is 2. The minimum absolute atomic E-state index is 0.755. The van der Waals surface area contributed by atoms with Crippen LogP contribution in [0.4, 0.5) is 17.3 Å². The van der Waals surface area contributed by atoms with E-state index in [0.717, 1.165) is 29.7 Å². The highest BCUT2D eigenvalue weighted by Crippen LogP contribution is 2.21. The number of anilines is 3. The number of benzene rings is 1. The molecule has 0 atom stereocenters. The predicted octanol–water partition coefficient (Wildman–Crippen LogP) is 3.58. The zero-order valence-corrected chi connectivity index (χ0v) is 11.9. The Morgan fingerprint density at radius 2 is 1.74 bits per heavy atom. The summed E-state index contributed by atoms with van der Waals surface area (Å²) in [5.41, 5.74) is 3.54. The standard InChI is InChI=1S/C15H20N4/c1-5-16-14-9-15(18-12(4)17-14)19-13-7-6-10(2)8-11(13)3/h6-9H,5H2,1-4H3,(H2,16,17,18,19). The molecule has 1 aromatic heterocycles. The van der Waals surface area contributed by atoms with Gasteiger partial charge in [0.15, 0.2) is 0 Å². The molecule has 100 valence electrons. The maximum atomic E-state index is 4.41. The van der Waals surface area contributed by atoms with Gasteiger partial charge < -0.3 is 10.6 Å². The molecule has 2 N–H and O–H groups in total. The van der Waals surface area contributed by atoms with Crippen molar-refractivity contribution in [1.82, 2.24) is 9.97 Å². The molecule has 0 radical (unpaired) electrons. The molecule has 0 bridgehead atoms. The molecule has 4 heteroatoms. The Labute approximate surface area is 114 Å². The van der Waals surface area contributed by atoms with Crippen LogP contribution < -0.4 is 10.6 Å². The molecular weight excluding hydrogens is 236 g/mol. The van der Waals surface area contributed by atoms with Crippen molar-refractivity contribution in [2.45, 2.75) is 27.7 Å². The van der Waals surface area contributed by atoms with Crippen LogP contribution in [0.1, 0.15) is 23.9 Å². The van der Waals surface area contributed by atoms with Gasteiger partial charge >= 0.3 is 0 Å². The van der Waals surface area contributed by atoms with E-state index >= 15 is 0 Å². The average molecular weight is 256 g/mol. The second kappa shape index (κ2) is 5.69. The lowest BCUT2D eigenvalue weighted by atomic mass is 10.1. The third-order valence-corrected chi connectivity index (χ3v) is 2.84. The summed E-state index contributed by atoms with van der Waals surface area (Å²) >= 11 is 0. The molecule has 0 aliphatic rings. The van der Waals surface area contributed by atoms with Gasteiger partial charge in [0.05, 0.1) is 0 Å². The van der Waals surface area contributed by atoms with Gasteiger partial charge in [-0.1, -0.05) is 17.7 Å². The topological polar surface area (TPSA) is 49.8 Å². The van der Waals surface area contributed by atoms with Gasteiger partial charge in [-0.3, -0.25) is 0 Å². The van der Waals surface area contributed by atoms with E-state index in [4.69, 9.17) is 0 Å². The Bertz CT molecular complexity index is 578. The molecule has 0 aliphatic heterocycles. The molecule has 0 amide bonds. The van der Waals surface area contributed by atoms with E-state index in [0.29, 0.717) is 0 Å². The van der Waals surface area contributed by atoms with Crippen LogP contribution in [0.3, 0.4) is 0 Å². The molecule has 1 aromatic carbocycles. The van der Waals surface area contributed by atoms with Crippen LogP contribution in [0.2, 0.25) is 0 Å². The van der Waals surface area contributed by atoms with Gasteiger partial charge in [-0.05, 0) is 39.3 Å². The van der Waals surface area contributed by atoms with Crippen molar-refractivity contribution in [3.63, 3.8) is 0 Å². The first kappa shape index (κ1) is 13.3. The third kappa shape index (κ3) is 3.44. The third-order valence-electron chi connectivity index (χ3n) is 2.84. The average Bonchev–Trinajstić information content (AvgIpc) is 2.32. The smallest absolute Gasteiger partial charge is 0.136 e. The maximum Gasteiger partial charge on any atom is 0.136 e. The highest BCUT2D eigenvalue weighted by Gasteiger charge is 2.03. The number of hydrogen-bond acceptors (Lipinski definition) is 4. The maximum absolute atomic E-state index is 4.41. The minimum atomic E-state index is 0.755. The molecule has 0 saturated carbocycles. The fraction of sp³-hybridized carbons (Fsp3) is 0.333. The Morgan fingerprint density at radius 3 is 2.42 bits per heavy atom. The van der Waals surface area contributed by atoms with Gasteiger partial charge in [-0.15, -0.1) is 0 Å². The summed E-state index contributed by atoms with van der Waals surface area (Å²) in [5.74, 6) is 2.42. The second-order valence-electron chi connectivity index (χ2n) is 4.66. The van der Waals surface area contributed by atoms with Crippen LogP contribution in [0, 0.1) is 20.8 Å². The molecule has 2 rings (SSSR count). The van der Waals surface area contributed by atoms with Gasteiger partial charge in [0.1, 0.15) is 17.5 Å². The Morgan fingerprint density at radius 1 is 1.00 bits per heavy atom. The summed E-state index contributed by atoms with van der Waals surface area (Å²) < 4.78 is 0. The summed E-state index contributed by atoms with van der Waals surface area (Å²) in [6, 6.07) is 8.25. The molecule has 2 aromatic rings.